The number of anilines is 1. The average Bonchev–Trinajstić information content (AvgIpc) is 3.29. The molecule has 13 heteroatoms. The van der Waals surface area contributed by atoms with Crippen molar-refractivity contribution in [3.63, 3.8) is 0 Å². The van der Waals surface area contributed by atoms with Crippen molar-refractivity contribution in [3.8, 4) is 5.75 Å². The summed E-state index contributed by atoms with van der Waals surface area (Å²) in [5, 5.41) is 3.96. The summed E-state index contributed by atoms with van der Waals surface area (Å²) in [6, 6.07) is 11.3. The number of halogens is 1. The van der Waals surface area contributed by atoms with E-state index in [9.17, 15) is 19.1 Å². The number of benzene rings is 2. The molecule has 0 spiro atoms. The summed E-state index contributed by atoms with van der Waals surface area (Å²) in [6.45, 7) is 5.76. The second-order valence-electron chi connectivity index (χ2n) is 9.79. The number of carbonyl (C=O) groups excluding carboxylic acids is 1. The number of pyridine rings is 1. The summed E-state index contributed by atoms with van der Waals surface area (Å²) in [6.07, 6.45) is 3.42. The molecule has 2 aromatic carbocycles. The van der Waals surface area contributed by atoms with E-state index < -0.39 is 7.82 Å². The van der Waals surface area contributed by atoms with Gasteiger partial charge in [0.2, 0.25) is 5.91 Å². The number of amides is 1. The zero-order chi connectivity index (χ0) is 29.6. The van der Waals surface area contributed by atoms with E-state index in [1.165, 1.54) is 0 Å². The van der Waals surface area contributed by atoms with E-state index in [1.54, 1.807) is 19.1 Å². The molecule has 0 aliphatic carbocycles. The highest BCUT2D eigenvalue weighted by Crippen LogP contribution is 2.39. The van der Waals surface area contributed by atoms with Crippen molar-refractivity contribution in [1.29, 1.82) is 0 Å². The van der Waals surface area contributed by atoms with Crippen LogP contribution in [0, 0.1) is 6.92 Å². The molecule has 2 aromatic heterocycles. The van der Waals surface area contributed by atoms with E-state index in [1.807, 2.05) is 18.2 Å². The number of imidazole rings is 1. The summed E-state index contributed by atoms with van der Waals surface area (Å²) in [7, 11) is -4.66. The first kappa shape index (κ1) is 30.9. The van der Waals surface area contributed by atoms with Crippen molar-refractivity contribution in [2.24, 2.45) is 0 Å². The standard InChI is InChI=1S/C28H35BrN5O6P/c1-3-4-5-24-33-26-27(34(24)17-20-7-9-23(18(2)14-20)40-41(36,37)38)21-15-19(6-8-22(21)32-28(26)30)10-12-39-13-11-31-25(35)16-29/h6-9,14-15H,3-5,10-13,16-17H2,1-2H3,(H2,30,32)(H,31,35)(H2,36,37,38). The largest absolute Gasteiger partial charge is 0.524 e. The van der Waals surface area contributed by atoms with E-state index >= 15 is 0 Å². The molecule has 0 atom stereocenters. The van der Waals surface area contributed by atoms with Gasteiger partial charge in [0, 0.05) is 24.9 Å². The fourth-order valence-electron chi connectivity index (χ4n) is 4.68. The monoisotopic (exact) mass is 647 g/mol. The highest BCUT2D eigenvalue weighted by Gasteiger charge is 2.20. The van der Waals surface area contributed by atoms with E-state index in [0.717, 1.165) is 52.6 Å². The molecule has 0 saturated carbocycles. The lowest BCUT2D eigenvalue weighted by Gasteiger charge is -2.14. The van der Waals surface area contributed by atoms with Crippen LogP contribution in [-0.2, 0) is 33.5 Å². The van der Waals surface area contributed by atoms with Crippen LogP contribution in [0.2, 0.25) is 0 Å². The summed E-state index contributed by atoms with van der Waals surface area (Å²) >= 11 is 3.12. The second-order valence-corrected chi connectivity index (χ2v) is 11.5. The van der Waals surface area contributed by atoms with Crippen LogP contribution in [0.5, 0.6) is 5.75 Å². The molecule has 0 fully saturated rings. The maximum atomic E-state index is 11.3. The van der Waals surface area contributed by atoms with Gasteiger partial charge in [0.05, 0.1) is 29.6 Å². The average molecular weight is 648 g/mol. The van der Waals surface area contributed by atoms with Gasteiger partial charge in [0.1, 0.15) is 17.1 Å². The fourth-order valence-corrected chi connectivity index (χ4v) is 5.34. The third-order valence-corrected chi connectivity index (χ3v) is 7.57. The Morgan fingerprint density at radius 2 is 1.90 bits per heavy atom. The van der Waals surface area contributed by atoms with Gasteiger partial charge in [-0.25, -0.2) is 14.5 Å². The fraction of sp³-hybridized carbons (Fsp3) is 0.393. The van der Waals surface area contributed by atoms with Gasteiger partial charge in [-0.15, -0.1) is 0 Å². The minimum absolute atomic E-state index is 0.0746. The smallest absolute Gasteiger partial charge is 0.404 e. The van der Waals surface area contributed by atoms with Gasteiger partial charge in [-0.2, -0.15) is 0 Å². The molecule has 1 amide bonds. The number of fused-ring (bicyclic) bond motifs is 3. The quantitative estimate of drug-likeness (QED) is 0.0882. The normalized spacial score (nSPS) is 11.8. The van der Waals surface area contributed by atoms with E-state index in [-0.39, 0.29) is 17.0 Å². The van der Waals surface area contributed by atoms with Crippen LogP contribution in [0.1, 0.15) is 42.3 Å². The van der Waals surface area contributed by atoms with Crippen molar-refractivity contribution in [3.05, 3.63) is 58.9 Å². The highest BCUT2D eigenvalue weighted by molar-refractivity contribution is 9.09. The molecule has 5 N–H and O–H groups in total. The summed E-state index contributed by atoms with van der Waals surface area (Å²) in [5.74, 6) is 1.33. The van der Waals surface area contributed by atoms with Gasteiger partial charge in [-0.3, -0.25) is 14.6 Å². The Hall–Kier alpha value is -3.02. The number of unbranched alkanes of at least 4 members (excludes halogenated alkanes) is 1. The molecule has 0 unspecified atom stereocenters. The maximum Gasteiger partial charge on any atom is 0.524 e. The third-order valence-electron chi connectivity index (χ3n) is 6.62. The van der Waals surface area contributed by atoms with E-state index in [4.69, 9.17) is 20.0 Å². The predicted octanol–water partition coefficient (Wildman–Crippen LogP) is 4.41. The molecule has 0 saturated heterocycles. The van der Waals surface area contributed by atoms with Gasteiger partial charge in [0.25, 0.3) is 0 Å². The topological polar surface area (TPSA) is 162 Å². The number of phosphoric ester groups is 1. The van der Waals surface area contributed by atoms with Gasteiger partial charge in [-0.1, -0.05) is 47.5 Å². The van der Waals surface area contributed by atoms with Gasteiger partial charge >= 0.3 is 7.82 Å². The van der Waals surface area contributed by atoms with Gasteiger partial charge in [0.15, 0.2) is 5.82 Å². The van der Waals surface area contributed by atoms with Crippen molar-refractivity contribution < 1.29 is 28.4 Å². The highest BCUT2D eigenvalue weighted by atomic mass is 79.9. The van der Waals surface area contributed by atoms with Crippen LogP contribution in [-0.4, -0.2) is 55.3 Å². The van der Waals surface area contributed by atoms with Gasteiger partial charge < -0.3 is 24.9 Å². The summed E-state index contributed by atoms with van der Waals surface area (Å²) < 4.78 is 24.0. The Morgan fingerprint density at radius 3 is 2.61 bits per heavy atom. The minimum Gasteiger partial charge on any atom is -0.404 e. The molecule has 0 aliphatic heterocycles. The van der Waals surface area contributed by atoms with Crippen molar-refractivity contribution in [1.82, 2.24) is 19.9 Å². The molecular weight excluding hydrogens is 613 g/mol. The molecule has 41 heavy (non-hydrogen) atoms. The first-order valence-electron chi connectivity index (χ1n) is 13.4. The Kier molecular flexibility index (Phi) is 10.4. The van der Waals surface area contributed by atoms with Crippen LogP contribution in [0.3, 0.4) is 0 Å². The molecule has 0 aliphatic rings. The van der Waals surface area contributed by atoms with Crippen LogP contribution in [0.25, 0.3) is 21.9 Å². The van der Waals surface area contributed by atoms with Crippen LogP contribution in [0.4, 0.5) is 5.82 Å². The number of nitrogens with zero attached hydrogens (tertiary/aromatic N) is 3. The Morgan fingerprint density at radius 1 is 1.12 bits per heavy atom. The number of alkyl halides is 1. The van der Waals surface area contributed by atoms with Crippen LogP contribution < -0.4 is 15.6 Å². The number of nitrogens with two attached hydrogens (primary N) is 1. The van der Waals surface area contributed by atoms with Crippen molar-refractivity contribution in [2.45, 2.75) is 46.1 Å². The number of nitrogen functional groups attached to an aromatic ring is 1. The SMILES string of the molecule is CCCCc1nc2c(N)nc3ccc(CCOCCNC(=O)CBr)cc3c2n1Cc1ccc(OP(=O)(O)O)c(C)c1. The number of hydrogen-bond acceptors (Lipinski definition) is 7. The van der Waals surface area contributed by atoms with Gasteiger partial charge in [-0.05, 0) is 54.7 Å². The molecule has 4 aromatic rings. The number of aryl methyl sites for hydroxylation is 2. The molecule has 11 nitrogen and oxygen atoms in total. The van der Waals surface area contributed by atoms with Crippen LogP contribution in [0.15, 0.2) is 36.4 Å². The number of phosphoric acid groups is 1. The molecule has 4 rings (SSSR count). The molecule has 220 valence electrons. The maximum absolute atomic E-state index is 11.3. The molecular formula is C28H35BrN5O6P. The number of hydrogen-bond donors (Lipinski definition) is 4. The van der Waals surface area contributed by atoms with E-state index in [2.05, 4.69) is 43.8 Å². The Balaban J connectivity index is 1.66. The zero-order valence-electron chi connectivity index (χ0n) is 23.1. The lowest BCUT2D eigenvalue weighted by atomic mass is 10.1. The number of nitrogens with one attached hydrogen (secondary N) is 1. The van der Waals surface area contributed by atoms with Crippen molar-refractivity contribution in [2.75, 3.05) is 30.8 Å². The number of carbonyl (C=O) groups is 1. The molecule has 0 radical (unpaired) electrons. The lowest BCUT2D eigenvalue weighted by molar-refractivity contribution is -0.118. The van der Waals surface area contributed by atoms with Crippen LogP contribution >= 0.6 is 23.8 Å². The second kappa shape index (κ2) is 13.8. The lowest BCUT2D eigenvalue weighted by Crippen LogP contribution is -2.28. The molecule has 2 heterocycles. The number of aromatic nitrogens is 3. The number of rotatable bonds is 14. The zero-order valence-corrected chi connectivity index (χ0v) is 25.6. The number of ether oxygens (including phenoxy) is 1. The summed E-state index contributed by atoms with van der Waals surface area (Å²) in [5.41, 5.74) is 11.3. The Labute approximate surface area is 246 Å². The third kappa shape index (κ3) is 8.05. The minimum atomic E-state index is -4.66. The predicted molar refractivity (Wildman–Crippen MR) is 162 cm³/mol. The van der Waals surface area contributed by atoms with Crippen molar-refractivity contribution >= 4 is 57.4 Å². The van der Waals surface area contributed by atoms with E-state index in [0.29, 0.717) is 49.6 Å². The molecule has 0 bridgehead atoms. The first-order valence-corrected chi connectivity index (χ1v) is 16.1. The summed E-state index contributed by atoms with van der Waals surface area (Å²) in [4.78, 5) is 39.3. The Bertz CT molecular complexity index is 1590. The first-order chi connectivity index (χ1) is 19.6.